The number of hydrogen-bond acceptors (Lipinski definition) is 6. The van der Waals surface area contributed by atoms with Crippen LogP contribution in [-0.2, 0) is 14.2 Å². The Kier molecular flexibility index (Phi) is 6.62. The zero-order valence-electron chi connectivity index (χ0n) is 20.0. The fourth-order valence-corrected chi connectivity index (χ4v) is 4.53. The second-order valence-electron chi connectivity index (χ2n) is 9.21. The van der Waals surface area contributed by atoms with E-state index in [-0.39, 0.29) is 12.2 Å². The number of nitrogens with zero attached hydrogens (tertiary/aromatic N) is 2. The summed E-state index contributed by atoms with van der Waals surface area (Å²) < 4.78 is 24.1. The third-order valence-corrected chi connectivity index (χ3v) is 6.40. The lowest BCUT2D eigenvalue weighted by atomic mass is 9.92. The summed E-state index contributed by atoms with van der Waals surface area (Å²) in [5.74, 6) is 0.699. The molecule has 1 unspecified atom stereocenters. The predicted octanol–water partition coefficient (Wildman–Crippen LogP) is 5.61. The molecule has 0 spiro atoms. The smallest absolute Gasteiger partial charge is 0.411 e. The van der Waals surface area contributed by atoms with Crippen molar-refractivity contribution in [3.63, 3.8) is 0 Å². The van der Waals surface area contributed by atoms with Gasteiger partial charge < -0.3 is 23.5 Å². The topological polar surface area (TPSA) is 94.7 Å². The minimum absolute atomic E-state index is 0.0822. The Labute approximate surface area is 204 Å². The van der Waals surface area contributed by atoms with Gasteiger partial charge in [0.25, 0.3) is 0 Å². The fraction of sp³-hybridized carbons (Fsp3) is 0.407. The molecular weight excluding hydrogens is 446 g/mol. The molecule has 3 aromatic rings. The lowest BCUT2D eigenvalue weighted by Crippen LogP contribution is -2.19. The van der Waals surface area contributed by atoms with Gasteiger partial charge in [0.1, 0.15) is 31.3 Å². The lowest BCUT2D eigenvalue weighted by molar-refractivity contribution is 0.0320. The van der Waals surface area contributed by atoms with Crippen molar-refractivity contribution in [2.75, 3.05) is 25.3 Å². The summed E-state index contributed by atoms with van der Waals surface area (Å²) in [5, 5.41) is 13.8. The number of ether oxygens (including phenoxy) is 4. The second-order valence-corrected chi connectivity index (χ2v) is 9.21. The molecule has 2 fully saturated rings. The van der Waals surface area contributed by atoms with Gasteiger partial charge in [0.05, 0.1) is 29.5 Å². The van der Waals surface area contributed by atoms with Gasteiger partial charge in [-0.3, -0.25) is 5.32 Å². The van der Waals surface area contributed by atoms with Crippen LogP contribution in [0.2, 0.25) is 0 Å². The number of nitriles is 1. The van der Waals surface area contributed by atoms with Gasteiger partial charge in [0.15, 0.2) is 0 Å². The van der Waals surface area contributed by atoms with Crippen LogP contribution in [0.1, 0.15) is 44.7 Å². The van der Waals surface area contributed by atoms with Crippen molar-refractivity contribution < 1.29 is 23.7 Å². The van der Waals surface area contributed by atoms with E-state index in [1.54, 1.807) is 13.8 Å². The van der Waals surface area contributed by atoms with E-state index in [2.05, 4.69) is 16.0 Å². The SMILES string of the molecule is CC(C)OC(=O)Nc1ccc(-c2c(C#N)c3cc(OCC4COCO4)ccc3n2C2CCC2)cc1. The number of carbonyl (C=O) groups is 1. The van der Waals surface area contributed by atoms with Crippen LogP contribution in [0.15, 0.2) is 42.5 Å². The number of anilines is 1. The van der Waals surface area contributed by atoms with Gasteiger partial charge in [-0.25, -0.2) is 4.79 Å². The van der Waals surface area contributed by atoms with Crippen LogP contribution >= 0.6 is 0 Å². The summed E-state index contributed by atoms with van der Waals surface area (Å²) in [6, 6.07) is 16.3. The van der Waals surface area contributed by atoms with Crippen molar-refractivity contribution in [3.05, 3.63) is 48.0 Å². The van der Waals surface area contributed by atoms with E-state index < -0.39 is 6.09 Å². The van der Waals surface area contributed by atoms with E-state index in [9.17, 15) is 10.1 Å². The zero-order chi connectivity index (χ0) is 24.4. The largest absolute Gasteiger partial charge is 0.491 e. The van der Waals surface area contributed by atoms with Gasteiger partial charge in [0, 0.05) is 17.1 Å². The fourth-order valence-electron chi connectivity index (χ4n) is 4.53. The molecule has 182 valence electrons. The average molecular weight is 476 g/mol. The van der Waals surface area contributed by atoms with Crippen molar-refractivity contribution in [1.82, 2.24) is 4.57 Å². The maximum atomic E-state index is 11.9. The number of carbonyl (C=O) groups excluding carboxylic acids is 1. The molecule has 1 saturated heterocycles. The van der Waals surface area contributed by atoms with Gasteiger partial charge in [0.2, 0.25) is 0 Å². The summed E-state index contributed by atoms with van der Waals surface area (Å²) in [5.41, 5.74) is 4.10. The van der Waals surface area contributed by atoms with E-state index in [0.29, 0.717) is 43.0 Å². The van der Waals surface area contributed by atoms with Crippen LogP contribution in [0, 0.1) is 11.3 Å². The third kappa shape index (κ3) is 4.83. The summed E-state index contributed by atoms with van der Waals surface area (Å²) in [4.78, 5) is 11.9. The van der Waals surface area contributed by atoms with Crippen molar-refractivity contribution in [2.45, 2.75) is 51.4 Å². The first-order valence-electron chi connectivity index (χ1n) is 12.0. The Bertz CT molecular complexity index is 1250. The zero-order valence-corrected chi connectivity index (χ0v) is 20.0. The highest BCUT2D eigenvalue weighted by atomic mass is 16.7. The Hall–Kier alpha value is -3.54. The Balaban J connectivity index is 1.48. The van der Waals surface area contributed by atoms with E-state index in [1.165, 1.54) is 6.42 Å². The van der Waals surface area contributed by atoms with Crippen molar-refractivity contribution in [1.29, 1.82) is 5.26 Å². The molecule has 0 bridgehead atoms. The van der Waals surface area contributed by atoms with Crippen LogP contribution in [0.4, 0.5) is 10.5 Å². The summed E-state index contributed by atoms with van der Waals surface area (Å²) in [6.07, 6.45) is 2.58. The van der Waals surface area contributed by atoms with E-state index in [1.807, 2.05) is 42.5 Å². The monoisotopic (exact) mass is 475 g/mol. The summed E-state index contributed by atoms with van der Waals surface area (Å²) >= 11 is 0. The molecule has 8 heteroatoms. The van der Waals surface area contributed by atoms with Crippen LogP contribution in [0.5, 0.6) is 5.75 Å². The molecule has 5 rings (SSSR count). The molecule has 2 heterocycles. The van der Waals surface area contributed by atoms with Gasteiger partial charge in [-0.15, -0.1) is 0 Å². The molecule has 1 aliphatic carbocycles. The molecule has 35 heavy (non-hydrogen) atoms. The highest BCUT2D eigenvalue weighted by Gasteiger charge is 2.28. The first kappa shape index (κ1) is 23.2. The molecular formula is C27H29N3O5. The number of fused-ring (bicyclic) bond motifs is 1. The van der Waals surface area contributed by atoms with Crippen LogP contribution in [0.3, 0.4) is 0 Å². The number of hydrogen-bond donors (Lipinski definition) is 1. The molecule has 2 aliphatic rings. The van der Waals surface area contributed by atoms with E-state index >= 15 is 0 Å². The molecule has 8 nitrogen and oxygen atoms in total. The van der Waals surface area contributed by atoms with Crippen LogP contribution in [0.25, 0.3) is 22.2 Å². The van der Waals surface area contributed by atoms with E-state index in [0.717, 1.165) is 35.0 Å². The first-order chi connectivity index (χ1) is 17.0. The molecule has 1 N–H and O–H groups in total. The van der Waals surface area contributed by atoms with Gasteiger partial charge in [-0.2, -0.15) is 5.26 Å². The quantitative estimate of drug-likeness (QED) is 0.477. The van der Waals surface area contributed by atoms with Gasteiger partial charge >= 0.3 is 6.09 Å². The van der Waals surface area contributed by atoms with Crippen molar-refractivity contribution >= 4 is 22.7 Å². The molecule has 1 aromatic heterocycles. The van der Waals surface area contributed by atoms with E-state index in [4.69, 9.17) is 18.9 Å². The highest BCUT2D eigenvalue weighted by Crippen LogP contribution is 2.43. The standard InChI is InChI=1S/C27H29N3O5/c1-17(2)35-27(31)29-19-8-6-18(7-9-19)26-24(13-28)23-12-21(33-15-22-14-32-16-34-22)10-11-25(23)30(26)20-4-3-5-20/h6-12,17,20,22H,3-5,14-16H2,1-2H3,(H,29,31). The predicted molar refractivity (Wildman–Crippen MR) is 131 cm³/mol. The highest BCUT2D eigenvalue weighted by molar-refractivity contribution is 5.96. The minimum Gasteiger partial charge on any atom is -0.491 e. The van der Waals surface area contributed by atoms with Gasteiger partial charge in [-0.1, -0.05) is 12.1 Å². The third-order valence-electron chi connectivity index (χ3n) is 6.40. The molecule has 1 saturated carbocycles. The lowest BCUT2D eigenvalue weighted by Gasteiger charge is -2.30. The summed E-state index contributed by atoms with van der Waals surface area (Å²) in [7, 11) is 0. The van der Waals surface area contributed by atoms with Crippen molar-refractivity contribution in [2.24, 2.45) is 0 Å². The number of rotatable bonds is 7. The first-order valence-corrected chi connectivity index (χ1v) is 12.0. The van der Waals surface area contributed by atoms with Gasteiger partial charge in [-0.05, 0) is 69.0 Å². The molecule has 0 radical (unpaired) electrons. The Morgan fingerprint density at radius 2 is 2.03 bits per heavy atom. The minimum atomic E-state index is -0.490. The van der Waals surface area contributed by atoms with Crippen LogP contribution in [-0.4, -0.2) is 42.9 Å². The maximum absolute atomic E-state index is 11.9. The molecule has 1 aliphatic heterocycles. The average Bonchev–Trinajstić information content (AvgIpc) is 3.43. The van der Waals surface area contributed by atoms with Crippen LogP contribution < -0.4 is 10.1 Å². The number of benzene rings is 2. The number of amides is 1. The molecule has 2 aromatic carbocycles. The number of aromatic nitrogens is 1. The Morgan fingerprint density at radius 3 is 2.66 bits per heavy atom. The molecule has 1 amide bonds. The molecule has 1 atom stereocenters. The van der Waals surface area contributed by atoms with Crippen molar-refractivity contribution in [3.8, 4) is 23.1 Å². The summed E-state index contributed by atoms with van der Waals surface area (Å²) in [6.45, 7) is 4.83. The maximum Gasteiger partial charge on any atom is 0.411 e. The second kappa shape index (κ2) is 9.98. The number of nitrogens with one attached hydrogen (secondary N) is 1. The Morgan fingerprint density at radius 1 is 1.23 bits per heavy atom. The normalized spacial score (nSPS) is 17.8.